The minimum Gasteiger partial charge on any atom is -0.483 e. The van der Waals surface area contributed by atoms with E-state index in [9.17, 15) is 4.39 Å². The van der Waals surface area contributed by atoms with Crippen LogP contribution in [0.2, 0.25) is 10.0 Å². The Bertz CT molecular complexity index is 584. The van der Waals surface area contributed by atoms with Crippen LogP contribution in [0.5, 0.6) is 5.75 Å². The summed E-state index contributed by atoms with van der Waals surface area (Å²) in [6.07, 6.45) is -0.473. The lowest BCUT2D eigenvalue weighted by atomic mass is 10.1. The van der Waals surface area contributed by atoms with Crippen molar-refractivity contribution in [1.29, 1.82) is 0 Å². The molecule has 0 spiro atoms. The molecule has 2 nitrogen and oxygen atoms in total. The molecule has 2 aromatic rings. The molecule has 19 heavy (non-hydrogen) atoms. The third-order valence-corrected chi connectivity index (χ3v) is 3.33. The fourth-order valence-electron chi connectivity index (χ4n) is 1.76. The zero-order valence-corrected chi connectivity index (χ0v) is 11.7. The Hall–Kier alpha value is -1.45. The van der Waals surface area contributed by atoms with Gasteiger partial charge in [0.1, 0.15) is 6.10 Å². The quantitative estimate of drug-likeness (QED) is 0.822. The van der Waals surface area contributed by atoms with Crippen molar-refractivity contribution in [2.75, 3.05) is 5.73 Å². The molecule has 2 aromatic carbocycles. The lowest BCUT2D eigenvalue weighted by Crippen LogP contribution is -2.06. The standard InChI is InChI=1S/C14H12Cl2FNO/c1-8(14-10(15)3-2-4-11(14)16)19-13-6-5-9(18)7-12(13)17/h2-8H,18H2,1H3. The van der Waals surface area contributed by atoms with Crippen LogP contribution in [0.1, 0.15) is 18.6 Å². The Morgan fingerprint density at radius 2 is 1.79 bits per heavy atom. The lowest BCUT2D eigenvalue weighted by molar-refractivity contribution is 0.216. The zero-order chi connectivity index (χ0) is 14.0. The lowest BCUT2D eigenvalue weighted by Gasteiger charge is -2.18. The van der Waals surface area contributed by atoms with E-state index in [1.807, 2.05) is 0 Å². The van der Waals surface area contributed by atoms with Crippen molar-refractivity contribution in [1.82, 2.24) is 0 Å². The number of nitrogens with two attached hydrogens (primary N) is 1. The van der Waals surface area contributed by atoms with Crippen molar-refractivity contribution >= 4 is 28.9 Å². The molecule has 0 radical (unpaired) electrons. The van der Waals surface area contributed by atoms with Crippen molar-refractivity contribution in [2.45, 2.75) is 13.0 Å². The van der Waals surface area contributed by atoms with Gasteiger partial charge in [-0.1, -0.05) is 29.3 Å². The van der Waals surface area contributed by atoms with Gasteiger partial charge in [-0.05, 0) is 31.2 Å². The van der Waals surface area contributed by atoms with Crippen LogP contribution in [0.15, 0.2) is 36.4 Å². The summed E-state index contributed by atoms with van der Waals surface area (Å²) in [6.45, 7) is 1.75. The van der Waals surface area contributed by atoms with E-state index in [-0.39, 0.29) is 5.75 Å². The second-order valence-electron chi connectivity index (χ2n) is 4.09. The molecule has 5 heteroatoms. The SMILES string of the molecule is CC(Oc1ccc(N)cc1F)c1c(Cl)cccc1Cl. The van der Waals surface area contributed by atoms with Gasteiger partial charge in [0, 0.05) is 27.4 Å². The molecule has 0 fully saturated rings. The van der Waals surface area contributed by atoms with Gasteiger partial charge in [-0.3, -0.25) is 0 Å². The maximum atomic E-state index is 13.7. The number of rotatable bonds is 3. The van der Waals surface area contributed by atoms with Crippen molar-refractivity contribution in [3.63, 3.8) is 0 Å². The monoisotopic (exact) mass is 299 g/mol. The van der Waals surface area contributed by atoms with E-state index in [1.165, 1.54) is 12.1 Å². The van der Waals surface area contributed by atoms with Crippen LogP contribution in [0.4, 0.5) is 10.1 Å². The maximum absolute atomic E-state index is 13.7. The van der Waals surface area contributed by atoms with Gasteiger partial charge in [0.2, 0.25) is 0 Å². The van der Waals surface area contributed by atoms with Crippen molar-refractivity contribution in [2.24, 2.45) is 0 Å². The minimum absolute atomic E-state index is 0.109. The second-order valence-corrected chi connectivity index (χ2v) is 4.90. The number of hydrogen-bond acceptors (Lipinski definition) is 2. The van der Waals surface area contributed by atoms with Crippen LogP contribution < -0.4 is 10.5 Å². The van der Waals surface area contributed by atoms with Crippen molar-refractivity contribution in [3.05, 3.63) is 57.8 Å². The molecular weight excluding hydrogens is 288 g/mol. The summed E-state index contributed by atoms with van der Waals surface area (Å²) in [5, 5.41) is 0.965. The number of hydrogen-bond donors (Lipinski definition) is 1. The van der Waals surface area contributed by atoms with E-state index in [2.05, 4.69) is 0 Å². The molecule has 0 aliphatic rings. The first-order valence-electron chi connectivity index (χ1n) is 5.64. The average Bonchev–Trinajstić information content (AvgIpc) is 2.32. The first-order valence-corrected chi connectivity index (χ1v) is 6.40. The Morgan fingerprint density at radius 1 is 1.16 bits per heavy atom. The summed E-state index contributed by atoms with van der Waals surface area (Å²) in [7, 11) is 0. The van der Waals surface area contributed by atoms with Crippen LogP contribution in [0, 0.1) is 5.82 Å². The number of benzene rings is 2. The third-order valence-electron chi connectivity index (χ3n) is 2.67. The number of anilines is 1. The van der Waals surface area contributed by atoms with Crippen molar-refractivity contribution < 1.29 is 9.13 Å². The van der Waals surface area contributed by atoms with E-state index in [0.717, 1.165) is 0 Å². The summed E-state index contributed by atoms with van der Waals surface area (Å²) in [6, 6.07) is 9.41. The average molecular weight is 300 g/mol. The molecule has 0 aliphatic carbocycles. The highest BCUT2D eigenvalue weighted by molar-refractivity contribution is 6.36. The molecule has 1 atom stereocenters. The summed E-state index contributed by atoms with van der Waals surface area (Å²) in [5.41, 5.74) is 6.45. The van der Waals surface area contributed by atoms with Gasteiger partial charge in [0.25, 0.3) is 0 Å². The second kappa shape index (κ2) is 5.68. The van der Waals surface area contributed by atoms with Crippen LogP contribution in [0.3, 0.4) is 0 Å². The highest BCUT2D eigenvalue weighted by Crippen LogP contribution is 2.33. The smallest absolute Gasteiger partial charge is 0.167 e. The van der Waals surface area contributed by atoms with E-state index in [1.54, 1.807) is 31.2 Å². The fraction of sp³-hybridized carbons (Fsp3) is 0.143. The van der Waals surface area contributed by atoms with Gasteiger partial charge in [0.15, 0.2) is 11.6 Å². The van der Waals surface area contributed by atoms with E-state index in [0.29, 0.717) is 21.3 Å². The van der Waals surface area contributed by atoms with Crippen LogP contribution in [-0.4, -0.2) is 0 Å². The number of ether oxygens (including phenoxy) is 1. The number of halogens is 3. The Balaban J connectivity index is 2.28. The highest BCUT2D eigenvalue weighted by atomic mass is 35.5. The highest BCUT2D eigenvalue weighted by Gasteiger charge is 2.16. The summed E-state index contributed by atoms with van der Waals surface area (Å²) < 4.78 is 19.2. The normalized spacial score (nSPS) is 12.2. The van der Waals surface area contributed by atoms with Gasteiger partial charge in [-0.2, -0.15) is 0 Å². The Morgan fingerprint density at radius 3 is 2.37 bits per heavy atom. The topological polar surface area (TPSA) is 35.2 Å². The van der Waals surface area contributed by atoms with E-state index >= 15 is 0 Å². The molecular formula is C14H12Cl2FNO. The minimum atomic E-state index is -0.518. The van der Waals surface area contributed by atoms with Gasteiger partial charge in [-0.25, -0.2) is 4.39 Å². The third kappa shape index (κ3) is 3.11. The number of nitrogen functional groups attached to an aromatic ring is 1. The molecule has 100 valence electrons. The van der Waals surface area contributed by atoms with Crippen LogP contribution >= 0.6 is 23.2 Å². The Labute approximate surface area is 120 Å². The zero-order valence-electron chi connectivity index (χ0n) is 10.2. The van der Waals surface area contributed by atoms with Gasteiger partial charge in [-0.15, -0.1) is 0 Å². The van der Waals surface area contributed by atoms with Crippen LogP contribution in [0.25, 0.3) is 0 Å². The molecule has 0 amide bonds. The van der Waals surface area contributed by atoms with Crippen LogP contribution in [-0.2, 0) is 0 Å². The predicted octanol–water partition coefficient (Wildman–Crippen LogP) is 4.85. The summed E-state index contributed by atoms with van der Waals surface area (Å²) >= 11 is 12.2. The summed E-state index contributed by atoms with van der Waals surface area (Å²) in [5.74, 6) is -0.410. The molecule has 0 saturated carbocycles. The molecule has 0 aliphatic heterocycles. The molecule has 2 N–H and O–H groups in total. The van der Waals surface area contributed by atoms with E-state index in [4.69, 9.17) is 33.7 Å². The van der Waals surface area contributed by atoms with Gasteiger partial charge < -0.3 is 10.5 Å². The van der Waals surface area contributed by atoms with E-state index < -0.39 is 11.9 Å². The molecule has 0 saturated heterocycles. The summed E-state index contributed by atoms with van der Waals surface area (Å²) in [4.78, 5) is 0. The first kappa shape index (κ1) is 14.0. The van der Waals surface area contributed by atoms with Gasteiger partial charge in [0.05, 0.1) is 0 Å². The largest absolute Gasteiger partial charge is 0.483 e. The maximum Gasteiger partial charge on any atom is 0.167 e. The first-order chi connectivity index (χ1) is 8.99. The molecule has 2 rings (SSSR count). The molecule has 1 unspecified atom stereocenters. The molecule has 0 aromatic heterocycles. The molecule has 0 bridgehead atoms. The fourth-order valence-corrected chi connectivity index (χ4v) is 2.47. The van der Waals surface area contributed by atoms with Crippen molar-refractivity contribution in [3.8, 4) is 5.75 Å². The molecule has 0 heterocycles. The Kier molecular flexibility index (Phi) is 4.17. The van der Waals surface area contributed by atoms with Gasteiger partial charge >= 0.3 is 0 Å². The predicted molar refractivity (Wildman–Crippen MR) is 76.3 cm³/mol.